The van der Waals surface area contributed by atoms with Gasteiger partial charge in [-0.15, -0.1) is 0 Å². The number of aromatic carboxylic acids is 1. The van der Waals surface area contributed by atoms with Crippen molar-refractivity contribution in [3.8, 4) is 0 Å². The van der Waals surface area contributed by atoms with Crippen molar-refractivity contribution in [2.45, 2.75) is 39.5 Å². The fourth-order valence-electron chi connectivity index (χ4n) is 2.54. The summed E-state index contributed by atoms with van der Waals surface area (Å²) in [5, 5.41) is 12.0. The molecule has 0 saturated heterocycles. The first-order chi connectivity index (χ1) is 12.8. The molecule has 0 radical (unpaired) electrons. The zero-order chi connectivity index (χ0) is 21.3. The number of nitrogens with one attached hydrogen (secondary N) is 2. The minimum Gasteiger partial charge on any atom is -0.478 e. The van der Waals surface area contributed by atoms with Gasteiger partial charge in [-0.3, -0.25) is 9.52 Å². The van der Waals surface area contributed by atoms with E-state index in [0.29, 0.717) is 16.8 Å². The van der Waals surface area contributed by atoms with E-state index in [9.17, 15) is 23.1 Å². The van der Waals surface area contributed by atoms with Crippen molar-refractivity contribution in [1.29, 1.82) is 0 Å². The van der Waals surface area contributed by atoms with E-state index in [1.165, 1.54) is 12.1 Å². The maximum absolute atomic E-state index is 12.8. The second kappa shape index (κ2) is 7.63. The molecule has 0 aliphatic carbocycles. The Morgan fingerprint density at radius 2 is 1.57 bits per heavy atom. The second-order valence-corrected chi connectivity index (χ2v) is 9.28. The molecule has 7 nitrogen and oxygen atoms in total. The second-order valence-electron chi connectivity index (χ2n) is 7.63. The lowest BCUT2D eigenvalue weighted by molar-refractivity contribution is -0.123. The summed E-state index contributed by atoms with van der Waals surface area (Å²) >= 11 is 0. The van der Waals surface area contributed by atoms with Crippen molar-refractivity contribution >= 4 is 33.3 Å². The van der Waals surface area contributed by atoms with Gasteiger partial charge in [-0.1, -0.05) is 32.9 Å². The molecule has 2 aromatic rings. The predicted octanol–water partition coefficient (Wildman–Crippen LogP) is 3.79. The van der Waals surface area contributed by atoms with Crippen LogP contribution < -0.4 is 10.0 Å². The Labute approximate surface area is 164 Å². The van der Waals surface area contributed by atoms with Crippen molar-refractivity contribution in [2.75, 3.05) is 10.0 Å². The molecule has 0 heterocycles. The number of rotatable bonds is 5. The van der Waals surface area contributed by atoms with Crippen molar-refractivity contribution in [1.82, 2.24) is 0 Å². The Hall–Kier alpha value is -2.87. The van der Waals surface area contributed by atoms with E-state index in [0.717, 1.165) is 6.07 Å². The molecule has 1 amide bonds. The van der Waals surface area contributed by atoms with Gasteiger partial charge in [-0.25, -0.2) is 13.2 Å². The van der Waals surface area contributed by atoms with Crippen LogP contribution in [0.1, 0.15) is 42.3 Å². The van der Waals surface area contributed by atoms with Crippen LogP contribution in [0.5, 0.6) is 0 Å². The van der Waals surface area contributed by atoms with E-state index in [1.54, 1.807) is 52.8 Å². The summed E-state index contributed by atoms with van der Waals surface area (Å²) < 4.78 is 28.1. The van der Waals surface area contributed by atoms with E-state index < -0.39 is 21.4 Å². The Bertz CT molecular complexity index is 1040. The number of amides is 1. The minimum atomic E-state index is -4.02. The molecule has 0 aromatic heterocycles. The van der Waals surface area contributed by atoms with Crippen LogP contribution in [0.15, 0.2) is 41.3 Å². The quantitative estimate of drug-likeness (QED) is 0.702. The number of aryl methyl sites for hydroxylation is 2. The summed E-state index contributed by atoms with van der Waals surface area (Å²) in [7, 11) is -4.02. The van der Waals surface area contributed by atoms with Crippen LogP contribution in [0, 0.1) is 19.3 Å². The van der Waals surface area contributed by atoms with Gasteiger partial charge in [0.1, 0.15) is 0 Å². The molecule has 8 heteroatoms. The van der Waals surface area contributed by atoms with Crippen molar-refractivity contribution in [3.05, 3.63) is 53.1 Å². The number of benzene rings is 2. The van der Waals surface area contributed by atoms with Crippen molar-refractivity contribution < 1.29 is 23.1 Å². The highest BCUT2D eigenvalue weighted by atomic mass is 32.2. The van der Waals surface area contributed by atoms with Crippen LogP contribution in [-0.4, -0.2) is 25.4 Å². The van der Waals surface area contributed by atoms with Crippen LogP contribution in [0.4, 0.5) is 11.4 Å². The molecule has 150 valence electrons. The molecule has 0 fully saturated rings. The lowest BCUT2D eigenvalue weighted by Gasteiger charge is -2.18. The molecular formula is C20H24N2O5S. The molecule has 2 aromatic carbocycles. The molecule has 28 heavy (non-hydrogen) atoms. The molecule has 0 saturated carbocycles. The van der Waals surface area contributed by atoms with Gasteiger partial charge in [0.15, 0.2) is 0 Å². The molecule has 0 unspecified atom stereocenters. The topological polar surface area (TPSA) is 113 Å². The molecule has 0 spiro atoms. The van der Waals surface area contributed by atoms with Gasteiger partial charge in [0.2, 0.25) is 5.91 Å². The molecule has 3 N–H and O–H groups in total. The third-order valence-corrected chi connectivity index (χ3v) is 5.62. The summed E-state index contributed by atoms with van der Waals surface area (Å²) in [5.74, 6) is -1.39. The molecule has 0 bridgehead atoms. The maximum Gasteiger partial charge on any atom is 0.335 e. The molecular weight excluding hydrogens is 380 g/mol. The Balaban J connectivity index is 2.35. The van der Waals surface area contributed by atoms with E-state index in [1.807, 2.05) is 0 Å². The molecule has 0 aliphatic rings. The SMILES string of the molecule is Cc1cc(C)c(S(=O)(=O)Nc2cccc(NC(=O)C(C)(C)C)c2)cc1C(=O)O. The maximum atomic E-state index is 12.8. The highest BCUT2D eigenvalue weighted by Crippen LogP contribution is 2.25. The van der Waals surface area contributed by atoms with E-state index in [2.05, 4.69) is 10.0 Å². The van der Waals surface area contributed by atoms with Gasteiger partial charge in [-0.2, -0.15) is 0 Å². The van der Waals surface area contributed by atoms with Crippen LogP contribution in [0.25, 0.3) is 0 Å². The zero-order valence-electron chi connectivity index (χ0n) is 16.5. The number of hydrogen-bond donors (Lipinski definition) is 3. The molecule has 0 atom stereocenters. The Kier molecular flexibility index (Phi) is 5.84. The van der Waals surface area contributed by atoms with Crippen LogP contribution >= 0.6 is 0 Å². The minimum absolute atomic E-state index is 0.0721. The Morgan fingerprint density at radius 1 is 0.964 bits per heavy atom. The average Bonchev–Trinajstić information content (AvgIpc) is 2.53. The number of anilines is 2. The number of hydrogen-bond acceptors (Lipinski definition) is 4. The fourth-order valence-corrected chi connectivity index (χ4v) is 3.84. The highest BCUT2D eigenvalue weighted by molar-refractivity contribution is 7.92. The third kappa shape index (κ3) is 4.89. The first-order valence-electron chi connectivity index (χ1n) is 8.60. The summed E-state index contributed by atoms with van der Waals surface area (Å²) in [6.45, 7) is 8.54. The fraction of sp³-hybridized carbons (Fsp3) is 0.300. The molecule has 0 aliphatic heterocycles. The largest absolute Gasteiger partial charge is 0.478 e. The summed E-state index contributed by atoms with van der Waals surface area (Å²) in [4.78, 5) is 23.4. The van der Waals surface area contributed by atoms with Crippen molar-refractivity contribution in [3.63, 3.8) is 0 Å². The van der Waals surface area contributed by atoms with E-state index >= 15 is 0 Å². The van der Waals surface area contributed by atoms with Gasteiger partial charge in [0.25, 0.3) is 10.0 Å². The van der Waals surface area contributed by atoms with Gasteiger partial charge >= 0.3 is 5.97 Å². The number of carbonyl (C=O) groups is 2. The standard InChI is InChI=1S/C20H24N2O5S/c1-12-9-13(2)17(11-16(12)18(23)24)28(26,27)22-15-8-6-7-14(10-15)21-19(25)20(3,4)5/h6-11,22H,1-5H3,(H,21,25)(H,23,24). The number of carboxylic acid groups (broad SMARTS) is 1. The van der Waals surface area contributed by atoms with Gasteiger partial charge in [0, 0.05) is 11.1 Å². The number of carboxylic acids is 1. The van der Waals surface area contributed by atoms with Crippen LogP contribution in [-0.2, 0) is 14.8 Å². The van der Waals surface area contributed by atoms with E-state index in [4.69, 9.17) is 0 Å². The summed E-state index contributed by atoms with van der Waals surface area (Å²) in [6.07, 6.45) is 0. The van der Waals surface area contributed by atoms with E-state index in [-0.39, 0.29) is 22.1 Å². The monoisotopic (exact) mass is 404 g/mol. The first kappa shape index (κ1) is 21.4. The van der Waals surface area contributed by atoms with Crippen LogP contribution in [0.3, 0.4) is 0 Å². The lowest BCUT2D eigenvalue weighted by atomic mass is 9.95. The smallest absolute Gasteiger partial charge is 0.335 e. The van der Waals surface area contributed by atoms with Crippen LogP contribution in [0.2, 0.25) is 0 Å². The number of carbonyl (C=O) groups excluding carboxylic acids is 1. The predicted molar refractivity (Wildman–Crippen MR) is 108 cm³/mol. The van der Waals surface area contributed by atoms with Crippen molar-refractivity contribution in [2.24, 2.45) is 5.41 Å². The number of sulfonamides is 1. The summed E-state index contributed by atoms with van der Waals surface area (Å²) in [6, 6.07) is 9.00. The van der Waals surface area contributed by atoms with Gasteiger partial charge in [-0.05, 0) is 49.2 Å². The van der Waals surface area contributed by atoms with Gasteiger partial charge in [0.05, 0.1) is 16.1 Å². The third-order valence-electron chi connectivity index (χ3n) is 4.10. The zero-order valence-corrected chi connectivity index (χ0v) is 17.3. The lowest BCUT2D eigenvalue weighted by Crippen LogP contribution is -2.27. The highest BCUT2D eigenvalue weighted by Gasteiger charge is 2.23. The van der Waals surface area contributed by atoms with Gasteiger partial charge < -0.3 is 10.4 Å². The first-order valence-corrected chi connectivity index (χ1v) is 10.1. The normalized spacial score (nSPS) is 11.8. The molecule has 2 rings (SSSR count). The Morgan fingerprint density at radius 3 is 2.14 bits per heavy atom. The summed E-state index contributed by atoms with van der Waals surface area (Å²) in [5.41, 5.74) is 0.956. The average molecular weight is 404 g/mol.